The Hall–Kier alpha value is -1.56. The lowest BCUT2D eigenvalue weighted by Gasteiger charge is -2.01. The molecule has 1 heterocycles. The molecule has 0 saturated carbocycles. The van der Waals surface area contributed by atoms with E-state index >= 15 is 0 Å². The Balaban J connectivity index is 1.94. The maximum atomic E-state index is 8.29. The van der Waals surface area contributed by atoms with Gasteiger partial charge in [-0.15, -0.1) is 0 Å². The molecule has 84 valence electrons. The molecule has 0 spiro atoms. The summed E-state index contributed by atoms with van der Waals surface area (Å²) in [4.78, 5) is 0. The summed E-state index contributed by atoms with van der Waals surface area (Å²) < 4.78 is 4.69. The highest BCUT2D eigenvalue weighted by Gasteiger charge is 1.96. The second-order valence-electron chi connectivity index (χ2n) is 3.22. The van der Waals surface area contributed by atoms with Crippen LogP contribution in [-0.4, -0.2) is 22.7 Å². The third-order valence-corrected chi connectivity index (χ3v) is 1.96. The van der Waals surface area contributed by atoms with E-state index in [0.29, 0.717) is 13.0 Å². The van der Waals surface area contributed by atoms with Gasteiger partial charge in [0.1, 0.15) is 12.1 Å². The van der Waals surface area contributed by atoms with Gasteiger partial charge in [-0.05, 0) is 19.4 Å². The van der Waals surface area contributed by atoms with Crippen LogP contribution >= 0.6 is 0 Å². The number of nitrogens with zero attached hydrogens (tertiary/aromatic N) is 2. The quantitative estimate of drug-likeness (QED) is 0.203. The van der Waals surface area contributed by atoms with Crippen molar-refractivity contribution >= 4 is 5.84 Å². The summed E-state index contributed by atoms with van der Waals surface area (Å²) in [6.45, 7) is 1.59. The molecule has 0 aliphatic rings. The van der Waals surface area contributed by atoms with Crippen molar-refractivity contribution in [1.82, 2.24) is 10.5 Å². The molecular formula is C9H16N4O2. The Morgan fingerprint density at radius 3 is 3.13 bits per heavy atom. The van der Waals surface area contributed by atoms with Crippen molar-refractivity contribution in [2.24, 2.45) is 10.9 Å². The summed E-state index contributed by atoms with van der Waals surface area (Å²) in [6.07, 6.45) is 4.06. The Morgan fingerprint density at radius 2 is 2.47 bits per heavy atom. The van der Waals surface area contributed by atoms with Crippen molar-refractivity contribution in [2.45, 2.75) is 25.8 Å². The Labute approximate surface area is 88.1 Å². The normalized spacial score (nSPS) is 11.9. The van der Waals surface area contributed by atoms with E-state index < -0.39 is 0 Å². The number of nitrogens with one attached hydrogen (secondary N) is 1. The average molecular weight is 212 g/mol. The van der Waals surface area contributed by atoms with Gasteiger partial charge in [0.25, 0.3) is 0 Å². The van der Waals surface area contributed by atoms with Crippen LogP contribution in [0.25, 0.3) is 0 Å². The minimum absolute atomic E-state index is 0.284. The molecular weight excluding hydrogens is 196 g/mol. The largest absolute Gasteiger partial charge is 0.409 e. The van der Waals surface area contributed by atoms with Gasteiger partial charge in [-0.3, -0.25) is 0 Å². The highest BCUT2D eigenvalue weighted by molar-refractivity contribution is 5.79. The van der Waals surface area contributed by atoms with E-state index in [9.17, 15) is 0 Å². The second kappa shape index (κ2) is 6.83. The number of nitrogens with two attached hydrogens (primary N) is 1. The molecule has 0 saturated heterocycles. The second-order valence-corrected chi connectivity index (χ2v) is 3.22. The van der Waals surface area contributed by atoms with Gasteiger partial charge in [0, 0.05) is 19.0 Å². The fraction of sp³-hybridized carbons (Fsp3) is 0.556. The van der Waals surface area contributed by atoms with Crippen LogP contribution in [0, 0.1) is 0 Å². The zero-order valence-electron chi connectivity index (χ0n) is 8.52. The summed E-state index contributed by atoms with van der Waals surface area (Å²) in [7, 11) is 0. The van der Waals surface area contributed by atoms with Gasteiger partial charge >= 0.3 is 0 Å². The highest BCUT2D eigenvalue weighted by atomic mass is 16.5. The first-order chi connectivity index (χ1) is 7.33. The van der Waals surface area contributed by atoms with E-state index in [-0.39, 0.29) is 5.84 Å². The predicted octanol–water partition coefficient (Wildman–Crippen LogP) is 0.681. The van der Waals surface area contributed by atoms with Crippen molar-refractivity contribution in [2.75, 3.05) is 6.54 Å². The fourth-order valence-corrected chi connectivity index (χ4v) is 1.15. The molecule has 6 nitrogen and oxygen atoms in total. The van der Waals surface area contributed by atoms with Crippen LogP contribution in [0.4, 0.5) is 0 Å². The molecule has 0 atom stereocenters. The van der Waals surface area contributed by atoms with Crippen molar-refractivity contribution in [3.8, 4) is 0 Å². The zero-order valence-corrected chi connectivity index (χ0v) is 8.52. The number of hydrogen-bond donors (Lipinski definition) is 3. The number of amidine groups is 1. The first-order valence-corrected chi connectivity index (χ1v) is 4.89. The summed E-state index contributed by atoms with van der Waals surface area (Å²) in [5.41, 5.74) is 6.22. The van der Waals surface area contributed by atoms with Crippen molar-refractivity contribution in [3.63, 3.8) is 0 Å². The summed E-state index contributed by atoms with van der Waals surface area (Å²) >= 11 is 0. The average Bonchev–Trinajstić information content (AvgIpc) is 2.75. The summed E-state index contributed by atoms with van der Waals surface area (Å²) in [5, 5.41) is 18.2. The molecule has 15 heavy (non-hydrogen) atoms. The standard InChI is InChI=1S/C9H16N4O2/c10-9(12-14)3-1-2-5-11-7-8-4-6-15-13-8/h4,6,11,14H,1-3,5,7H2,(H2,10,12). The van der Waals surface area contributed by atoms with E-state index in [1.807, 2.05) is 6.07 Å². The van der Waals surface area contributed by atoms with Gasteiger partial charge < -0.3 is 20.8 Å². The highest BCUT2D eigenvalue weighted by Crippen LogP contribution is 1.96. The number of rotatable bonds is 7. The van der Waals surface area contributed by atoms with Gasteiger partial charge in [0.15, 0.2) is 0 Å². The van der Waals surface area contributed by atoms with Gasteiger partial charge in [0.2, 0.25) is 0 Å². The minimum Gasteiger partial charge on any atom is -0.409 e. The first-order valence-electron chi connectivity index (χ1n) is 4.89. The monoisotopic (exact) mass is 212 g/mol. The molecule has 6 heteroatoms. The first kappa shape index (κ1) is 11.5. The van der Waals surface area contributed by atoms with Crippen LogP contribution in [0.1, 0.15) is 25.0 Å². The smallest absolute Gasteiger partial charge is 0.139 e. The van der Waals surface area contributed by atoms with Crippen LogP contribution in [0.3, 0.4) is 0 Å². The van der Waals surface area contributed by atoms with Crippen LogP contribution in [0.2, 0.25) is 0 Å². The molecule has 0 fully saturated rings. The van der Waals surface area contributed by atoms with Gasteiger partial charge in [-0.2, -0.15) is 0 Å². The van der Waals surface area contributed by atoms with Gasteiger partial charge in [0.05, 0.1) is 5.69 Å². The third kappa shape index (κ3) is 5.02. The number of aromatic nitrogens is 1. The van der Waals surface area contributed by atoms with E-state index in [2.05, 4.69) is 20.2 Å². The molecule has 1 aromatic heterocycles. The van der Waals surface area contributed by atoms with Crippen LogP contribution in [0.15, 0.2) is 22.0 Å². The Bertz CT molecular complexity index is 284. The molecule has 1 rings (SSSR count). The molecule has 0 radical (unpaired) electrons. The van der Waals surface area contributed by atoms with E-state index in [1.165, 1.54) is 0 Å². The molecule has 0 aromatic carbocycles. The van der Waals surface area contributed by atoms with Crippen LogP contribution in [-0.2, 0) is 6.54 Å². The number of oxime groups is 1. The maximum Gasteiger partial charge on any atom is 0.139 e. The minimum atomic E-state index is 0.284. The predicted molar refractivity (Wildman–Crippen MR) is 55.5 cm³/mol. The number of hydrogen-bond acceptors (Lipinski definition) is 5. The maximum absolute atomic E-state index is 8.29. The number of unbranched alkanes of at least 4 members (excludes halogenated alkanes) is 1. The summed E-state index contributed by atoms with van der Waals surface area (Å²) in [5.74, 6) is 0.284. The molecule has 0 aliphatic heterocycles. The van der Waals surface area contributed by atoms with Crippen molar-refractivity contribution in [1.29, 1.82) is 0 Å². The SMILES string of the molecule is N/C(CCCCNCc1ccon1)=N/O. The van der Waals surface area contributed by atoms with Gasteiger partial charge in [-0.25, -0.2) is 0 Å². The van der Waals surface area contributed by atoms with Crippen molar-refractivity contribution in [3.05, 3.63) is 18.0 Å². The van der Waals surface area contributed by atoms with E-state index in [1.54, 1.807) is 6.26 Å². The lowest BCUT2D eigenvalue weighted by atomic mass is 10.2. The topological polar surface area (TPSA) is 96.7 Å². The molecule has 0 unspecified atom stereocenters. The van der Waals surface area contributed by atoms with Gasteiger partial charge in [-0.1, -0.05) is 10.3 Å². The summed E-state index contributed by atoms with van der Waals surface area (Å²) in [6, 6.07) is 1.82. The third-order valence-electron chi connectivity index (χ3n) is 1.96. The van der Waals surface area contributed by atoms with E-state index in [0.717, 1.165) is 25.1 Å². The van der Waals surface area contributed by atoms with E-state index in [4.69, 9.17) is 10.9 Å². The molecule has 0 bridgehead atoms. The molecule has 0 aliphatic carbocycles. The van der Waals surface area contributed by atoms with Crippen LogP contribution < -0.4 is 11.1 Å². The Kier molecular flexibility index (Phi) is 5.24. The Morgan fingerprint density at radius 1 is 1.60 bits per heavy atom. The fourth-order valence-electron chi connectivity index (χ4n) is 1.15. The van der Waals surface area contributed by atoms with Crippen molar-refractivity contribution < 1.29 is 9.73 Å². The zero-order chi connectivity index (χ0) is 10.9. The van der Waals surface area contributed by atoms with Crippen LogP contribution in [0.5, 0.6) is 0 Å². The molecule has 0 amide bonds. The lowest BCUT2D eigenvalue weighted by molar-refractivity contribution is 0.316. The molecule has 4 N–H and O–H groups in total. The lowest BCUT2D eigenvalue weighted by Crippen LogP contribution is -2.16. The molecule has 1 aromatic rings.